The number of nitrogens with one attached hydrogen (secondary N) is 1. The maximum atomic E-state index is 12.5. The molecule has 0 aliphatic carbocycles. The first-order valence-electron chi connectivity index (χ1n) is 6.06. The van der Waals surface area contributed by atoms with Gasteiger partial charge in [-0.3, -0.25) is 14.5 Å². The normalized spacial score (nSPS) is 10.9. The van der Waals surface area contributed by atoms with Crippen molar-refractivity contribution in [2.75, 3.05) is 5.32 Å². The fourth-order valence-corrected chi connectivity index (χ4v) is 2.86. The van der Waals surface area contributed by atoms with Crippen molar-refractivity contribution in [1.29, 1.82) is 0 Å². The molecule has 0 aliphatic rings. The number of anilines is 1. The highest BCUT2D eigenvalue weighted by atomic mass is 79.9. The van der Waals surface area contributed by atoms with Crippen LogP contribution in [-0.4, -0.2) is 20.3 Å². The largest absolute Gasteiger partial charge is 0.296 e. The van der Waals surface area contributed by atoms with Crippen LogP contribution in [-0.2, 0) is 6.42 Å². The summed E-state index contributed by atoms with van der Waals surface area (Å²) in [4.78, 5) is 21.0. The third-order valence-corrected chi connectivity index (χ3v) is 4.01. The summed E-state index contributed by atoms with van der Waals surface area (Å²) in [6.07, 6.45) is 4.20. The Hall–Kier alpha value is -1.73. The number of carbonyl (C=O) groups excluding carboxylic acids is 1. The molecule has 0 saturated carbocycles. The highest BCUT2D eigenvalue weighted by Gasteiger charge is 2.19. The van der Waals surface area contributed by atoms with Crippen LogP contribution in [0, 0.1) is 0 Å². The van der Waals surface area contributed by atoms with Gasteiger partial charge in [0.2, 0.25) is 0 Å². The predicted octanol–water partition coefficient (Wildman–Crippen LogP) is 3.37. The predicted molar refractivity (Wildman–Crippen MR) is 82.3 cm³/mol. The number of hydrogen-bond donors (Lipinski definition) is 1. The van der Waals surface area contributed by atoms with E-state index in [4.69, 9.17) is 0 Å². The first-order valence-corrected chi connectivity index (χ1v) is 7.73. The van der Waals surface area contributed by atoms with E-state index in [1.807, 2.05) is 30.6 Å². The lowest BCUT2D eigenvalue weighted by Crippen LogP contribution is -2.16. The smallest absolute Gasteiger partial charge is 0.276 e. The number of halogens is 1. The lowest BCUT2D eigenvalue weighted by molar-refractivity contribution is 0.102. The Balaban J connectivity index is 2.08. The molecule has 0 bridgehead atoms. The molecule has 0 aliphatic heterocycles. The minimum Gasteiger partial charge on any atom is -0.296 e. The van der Waals surface area contributed by atoms with Gasteiger partial charge in [-0.25, -0.2) is 9.97 Å². The van der Waals surface area contributed by atoms with E-state index in [1.54, 1.807) is 10.6 Å². The Labute approximate surface area is 127 Å². The van der Waals surface area contributed by atoms with Gasteiger partial charge in [0.05, 0.1) is 5.69 Å². The van der Waals surface area contributed by atoms with Gasteiger partial charge < -0.3 is 0 Å². The van der Waals surface area contributed by atoms with Gasteiger partial charge in [0.1, 0.15) is 11.3 Å². The second-order valence-corrected chi connectivity index (χ2v) is 5.94. The molecule has 20 heavy (non-hydrogen) atoms. The van der Waals surface area contributed by atoms with E-state index >= 15 is 0 Å². The van der Waals surface area contributed by atoms with Crippen molar-refractivity contribution >= 4 is 44.0 Å². The molecule has 0 spiro atoms. The van der Waals surface area contributed by atoms with Crippen LogP contribution in [0.4, 0.5) is 5.13 Å². The zero-order chi connectivity index (χ0) is 14.1. The number of carbonyl (C=O) groups is 1. The Morgan fingerprint density at radius 2 is 2.35 bits per heavy atom. The molecule has 1 N–H and O–H groups in total. The molecule has 1 amide bonds. The van der Waals surface area contributed by atoms with Crippen LogP contribution in [0.1, 0.15) is 23.1 Å². The standard InChI is InChI=1S/C13H11BrN4OS/c1-2-9-11(12(19)17-13-15-5-6-20-13)18-7-8(14)3-4-10(18)16-9/h3-7H,2H2,1H3,(H,15,17,19). The number of rotatable bonds is 3. The van der Waals surface area contributed by atoms with Gasteiger partial charge >= 0.3 is 0 Å². The van der Waals surface area contributed by atoms with Crippen molar-refractivity contribution in [3.63, 3.8) is 0 Å². The maximum Gasteiger partial charge on any atom is 0.276 e. The van der Waals surface area contributed by atoms with Gasteiger partial charge in [-0.2, -0.15) is 0 Å². The highest BCUT2D eigenvalue weighted by molar-refractivity contribution is 9.10. The zero-order valence-electron chi connectivity index (χ0n) is 10.6. The number of amides is 1. The van der Waals surface area contributed by atoms with Crippen LogP contribution in [0.25, 0.3) is 5.65 Å². The average molecular weight is 351 g/mol. The highest BCUT2D eigenvalue weighted by Crippen LogP contribution is 2.19. The van der Waals surface area contributed by atoms with Crippen molar-refractivity contribution in [3.8, 4) is 0 Å². The molecule has 3 rings (SSSR count). The van der Waals surface area contributed by atoms with Crippen molar-refractivity contribution in [3.05, 3.63) is 45.8 Å². The molecule has 0 fully saturated rings. The van der Waals surface area contributed by atoms with Crippen molar-refractivity contribution in [2.24, 2.45) is 0 Å². The Morgan fingerprint density at radius 1 is 1.50 bits per heavy atom. The third kappa shape index (κ3) is 2.34. The second kappa shape index (κ2) is 5.34. The zero-order valence-corrected chi connectivity index (χ0v) is 13.0. The molecule has 0 saturated heterocycles. The summed E-state index contributed by atoms with van der Waals surface area (Å²) in [6.45, 7) is 1.98. The lowest BCUT2D eigenvalue weighted by atomic mass is 10.2. The number of hydrogen-bond acceptors (Lipinski definition) is 4. The quantitative estimate of drug-likeness (QED) is 0.787. The molecular weight excluding hydrogens is 340 g/mol. The third-order valence-electron chi connectivity index (χ3n) is 2.86. The molecule has 0 radical (unpaired) electrons. The van der Waals surface area contributed by atoms with E-state index in [-0.39, 0.29) is 5.91 Å². The summed E-state index contributed by atoms with van der Waals surface area (Å²) in [5.41, 5.74) is 2.09. The van der Waals surface area contributed by atoms with Crippen LogP contribution in [0.15, 0.2) is 34.4 Å². The summed E-state index contributed by atoms with van der Waals surface area (Å²) in [5, 5.41) is 5.21. The topological polar surface area (TPSA) is 59.3 Å². The fraction of sp³-hybridized carbons (Fsp3) is 0.154. The van der Waals surface area contributed by atoms with Crippen LogP contribution in [0.5, 0.6) is 0 Å². The lowest BCUT2D eigenvalue weighted by Gasteiger charge is -2.04. The number of nitrogens with zero attached hydrogens (tertiary/aromatic N) is 3. The maximum absolute atomic E-state index is 12.5. The molecule has 3 aromatic rings. The van der Waals surface area contributed by atoms with E-state index < -0.39 is 0 Å². The van der Waals surface area contributed by atoms with E-state index in [0.717, 1.165) is 15.8 Å². The number of thiazole rings is 1. The van der Waals surface area contributed by atoms with Crippen LogP contribution in [0.3, 0.4) is 0 Å². The molecule has 0 atom stereocenters. The van der Waals surface area contributed by atoms with Gasteiger partial charge in [-0.05, 0) is 34.5 Å². The minimum atomic E-state index is -0.192. The minimum absolute atomic E-state index is 0.192. The Kier molecular flexibility index (Phi) is 3.54. The van der Waals surface area contributed by atoms with Crippen molar-refractivity contribution in [2.45, 2.75) is 13.3 Å². The number of fused-ring (bicyclic) bond motifs is 1. The van der Waals surface area contributed by atoms with Crippen LogP contribution >= 0.6 is 27.3 Å². The molecule has 3 heterocycles. The van der Waals surface area contributed by atoms with Gasteiger partial charge in [0, 0.05) is 22.2 Å². The first-order chi connectivity index (χ1) is 9.69. The van der Waals surface area contributed by atoms with Crippen molar-refractivity contribution in [1.82, 2.24) is 14.4 Å². The molecular formula is C13H11BrN4OS. The molecule has 3 aromatic heterocycles. The number of aryl methyl sites for hydroxylation is 1. The summed E-state index contributed by atoms with van der Waals surface area (Å²) in [5.74, 6) is -0.192. The summed E-state index contributed by atoms with van der Waals surface area (Å²) in [7, 11) is 0. The summed E-state index contributed by atoms with van der Waals surface area (Å²) < 4.78 is 2.69. The Bertz CT molecular complexity index is 766. The number of imidazole rings is 1. The molecule has 102 valence electrons. The monoisotopic (exact) mass is 350 g/mol. The second-order valence-electron chi connectivity index (χ2n) is 4.13. The van der Waals surface area contributed by atoms with Gasteiger partial charge in [0.15, 0.2) is 5.13 Å². The SMILES string of the molecule is CCc1nc2ccc(Br)cn2c1C(=O)Nc1nccs1. The van der Waals surface area contributed by atoms with E-state index in [1.165, 1.54) is 11.3 Å². The van der Waals surface area contributed by atoms with Crippen LogP contribution in [0.2, 0.25) is 0 Å². The van der Waals surface area contributed by atoms with Gasteiger partial charge in [0.25, 0.3) is 5.91 Å². The molecule has 0 unspecified atom stereocenters. The summed E-state index contributed by atoms with van der Waals surface area (Å²) in [6, 6.07) is 3.79. The van der Waals surface area contributed by atoms with Crippen LogP contribution < -0.4 is 5.32 Å². The summed E-state index contributed by atoms with van der Waals surface area (Å²) >= 11 is 4.81. The van der Waals surface area contributed by atoms with Crippen molar-refractivity contribution < 1.29 is 4.79 Å². The average Bonchev–Trinajstić information content (AvgIpc) is 3.04. The van der Waals surface area contributed by atoms with E-state index in [2.05, 4.69) is 31.2 Å². The molecule has 0 aromatic carbocycles. The van der Waals surface area contributed by atoms with Gasteiger partial charge in [-0.15, -0.1) is 11.3 Å². The van der Waals surface area contributed by atoms with Gasteiger partial charge in [-0.1, -0.05) is 6.92 Å². The van der Waals surface area contributed by atoms with E-state index in [0.29, 0.717) is 17.2 Å². The Morgan fingerprint density at radius 3 is 3.05 bits per heavy atom. The molecule has 7 heteroatoms. The molecule has 5 nitrogen and oxygen atoms in total. The fourth-order valence-electron chi connectivity index (χ4n) is 2.00. The first kappa shape index (κ1) is 13.3. The van der Waals surface area contributed by atoms with E-state index in [9.17, 15) is 4.79 Å². The number of aromatic nitrogens is 3. The number of pyridine rings is 1.